The normalized spacial score (nSPS) is 10.4. The van der Waals surface area contributed by atoms with E-state index in [4.69, 9.17) is 10.5 Å². The molecule has 0 aromatic carbocycles. The summed E-state index contributed by atoms with van der Waals surface area (Å²) in [6, 6.07) is 0. The minimum absolute atomic E-state index is 0.381. The maximum atomic E-state index is 5.94. The van der Waals surface area contributed by atoms with Gasteiger partial charge in [0.1, 0.15) is 17.8 Å². The van der Waals surface area contributed by atoms with Crippen LogP contribution in [-0.4, -0.2) is 33.7 Å². The first-order valence-corrected chi connectivity index (χ1v) is 5.45. The first kappa shape index (κ1) is 12.2. The van der Waals surface area contributed by atoms with E-state index in [1.807, 2.05) is 29.8 Å². The molecule has 0 amide bonds. The molecule has 0 saturated carbocycles. The van der Waals surface area contributed by atoms with Gasteiger partial charge in [-0.2, -0.15) is 4.98 Å². The van der Waals surface area contributed by atoms with E-state index in [9.17, 15) is 0 Å². The number of ether oxygens (including phenoxy) is 1. The molecule has 0 fully saturated rings. The van der Waals surface area contributed by atoms with Crippen molar-refractivity contribution in [2.45, 2.75) is 6.54 Å². The van der Waals surface area contributed by atoms with Crippen LogP contribution in [0.2, 0.25) is 0 Å². The molecule has 2 aromatic rings. The van der Waals surface area contributed by atoms with Crippen molar-refractivity contribution >= 4 is 11.5 Å². The van der Waals surface area contributed by atoms with Crippen LogP contribution in [0, 0.1) is 0 Å². The third-order valence-electron chi connectivity index (χ3n) is 2.68. The maximum absolute atomic E-state index is 5.94. The van der Waals surface area contributed by atoms with Gasteiger partial charge in [-0.3, -0.25) is 0 Å². The Hall–Kier alpha value is -2.31. The highest BCUT2D eigenvalue weighted by atomic mass is 16.5. The summed E-state index contributed by atoms with van der Waals surface area (Å²) in [6.07, 6.45) is 5.08. The minimum atomic E-state index is 0.381. The molecular weight excluding hydrogens is 232 g/mol. The Morgan fingerprint density at radius 3 is 2.78 bits per heavy atom. The Morgan fingerprint density at radius 1 is 1.39 bits per heavy atom. The molecule has 2 aromatic heterocycles. The van der Waals surface area contributed by atoms with E-state index in [2.05, 4.69) is 15.0 Å². The van der Waals surface area contributed by atoms with Gasteiger partial charge < -0.3 is 19.9 Å². The highest BCUT2D eigenvalue weighted by Gasteiger charge is 2.14. The molecule has 0 aliphatic carbocycles. The fourth-order valence-corrected chi connectivity index (χ4v) is 1.67. The Balaban J connectivity index is 2.24. The van der Waals surface area contributed by atoms with E-state index in [0.717, 1.165) is 5.82 Å². The number of nitrogen functional groups attached to an aromatic ring is 1. The molecule has 0 aliphatic rings. The van der Waals surface area contributed by atoms with Gasteiger partial charge in [-0.1, -0.05) is 0 Å². The molecule has 0 unspecified atom stereocenters. The van der Waals surface area contributed by atoms with Gasteiger partial charge in [-0.05, 0) is 0 Å². The van der Waals surface area contributed by atoms with Gasteiger partial charge in [0.15, 0.2) is 5.82 Å². The minimum Gasteiger partial charge on any atom is -0.479 e. The van der Waals surface area contributed by atoms with Crippen LogP contribution in [0.3, 0.4) is 0 Å². The maximum Gasteiger partial charge on any atom is 0.242 e. The highest BCUT2D eigenvalue weighted by Crippen LogP contribution is 2.27. The zero-order valence-corrected chi connectivity index (χ0v) is 10.7. The van der Waals surface area contributed by atoms with Crippen LogP contribution in [0.1, 0.15) is 5.82 Å². The van der Waals surface area contributed by atoms with E-state index >= 15 is 0 Å². The smallest absolute Gasteiger partial charge is 0.242 e. The predicted molar refractivity (Wildman–Crippen MR) is 68.3 cm³/mol. The number of imidazole rings is 1. The molecule has 0 atom stereocenters. The molecule has 2 rings (SSSR count). The summed E-state index contributed by atoms with van der Waals surface area (Å²) in [5.41, 5.74) is 6.37. The molecule has 0 spiro atoms. The lowest BCUT2D eigenvalue weighted by Crippen LogP contribution is -2.21. The van der Waals surface area contributed by atoms with Crippen LogP contribution >= 0.6 is 0 Å². The van der Waals surface area contributed by atoms with Gasteiger partial charge in [0, 0.05) is 26.5 Å². The molecule has 2 N–H and O–H groups in total. The number of aromatic nitrogens is 4. The van der Waals surface area contributed by atoms with Crippen LogP contribution in [0.25, 0.3) is 0 Å². The van der Waals surface area contributed by atoms with E-state index in [0.29, 0.717) is 23.9 Å². The molecule has 2 heterocycles. The Morgan fingerprint density at radius 2 is 2.17 bits per heavy atom. The second-order valence-corrected chi connectivity index (χ2v) is 3.93. The van der Waals surface area contributed by atoms with Crippen LogP contribution in [-0.2, 0) is 13.6 Å². The van der Waals surface area contributed by atoms with Crippen molar-refractivity contribution in [2.75, 3.05) is 24.8 Å². The molecule has 7 nitrogen and oxygen atoms in total. The average Bonchev–Trinajstić information content (AvgIpc) is 2.75. The van der Waals surface area contributed by atoms with Gasteiger partial charge in [0.25, 0.3) is 0 Å². The van der Waals surface area contributed by atoms with Crippen molar-refractivity contribution < 1.29 is 4.74 Å². The number of nitrogens with zero attached hydrogens (tertiary/aromatic N) is 5. The largest absolute Gasteiger partial charge is 0.479 e. The summed E-state index contributed by atoms with van der Waals surface area (Å²) in [5, 5.41) is 0. The number of anilines is 2. The third kappa shape index (κ3) is 2.20. The van der Waals surface area contributed by atoms with Crippen molar-refractivity contribution in [2.24, 2.45) is 7.05 Å². The second-order valence-electron chi connectivity index (χ2n) is 3.93. The SMILES string of the molecule is COc1ncnc(N(C)Cc2nccn2C)c1N. The first-order chi connectivity index (χ1) is 8.63. The highest BCUT2D eigenvalue weighted by molar-refractivity contribution is 5.67. The summed E-state index contributed by atoms with van der Waals surface area (Å²) < 4.78 is 7.02. The van der Waals surface area contributed by atoms with Crippen LogP contribution < -0.4 is 15.4 Å². The molecule has 0 aliphatic heterocycles. The van der Waals surface area contributed by atoms with Crippen LogP contribution in [0.4, 0.5) is 11.5 Å². The molecule has 7 heteroatoms. The summed E-state index contributed by atoms with van der Waals surface area (Å²) >= 11 is 0. The molecule has 96 valence electrons. The number of rotatable bonds is 4. The number of nitrogens with two attached hydrogens (primary N) is 1. The van der Waals surface area contributed by atoms with Crippen molar-refractivity contribution in [1.29, 1.82) is 0 Å². The third-order valence-corrected chi connectivity index (χ3v) is 2.68. The topological polar surface area (TPSA) is 82.1 Å². The lowest BCUT2D eigenvalue weighted by Gasteiger charge is -2.19. The predicted octanol–water partition coefficient (Wildman–Crippen LogP) is 0.437. The monoisotopic (exact) mass is 248 g/mol. The fourth-order valence-electron chi connectivity index (χ4n) is 1.67. The van der Waals surface area contributed by atoms with E-state index < -0.39 is 0 Å². The van der Waals surface area contributed by atoms with E-state index in [-0.39, 0.29) is 0 Å². The van der Waals surface area contributed by atoms with Crippen molar-refractivity contribution in [3.63, 3.8) is 0 Å². The van der Waals surface area contributed by atoms with E-state index in [1.165, 1.54) is 13.4 Å². The zero-order valence-electron chi connectivity index (χ0n) is 10.7. The molecular formula is C11H16N6O. The quantitative estimate of drug-likeness (QED) is 0.845. The zero-order chi connectivity index (χ0) is 13.1. The molecule has 0 bridgehead atoms. The lowest BCUT2D eigenvalue weighted by molar-refractivity contribution is 0.399. The van der Waals surface area contributed by atoms with Gasteiger partial charge in [-0.25, -0.2) is 9.97 Å². The van der Waals surface area contributed by atoms with E-state index in [1.54, 1.807) is 6.20 Å². The molecule has 18 heavy (non-hydrogen) atoms. The van der Waals surface area contributed by atoms with Gasteiger partial charge in [0.05, 0.1) is 13.7 Å². The Kier molecular flexibility index (Phi) is 3.31. The summed E-state index contributed by atoms with van der Waals surface area (Å²) in [7, 11) is 5.37. The van der Waals surface area contributed by atoms with Crippen molar-refractivity contribution in [1.82, 2.24) is 19.5 Å². The van der Waals surface area contributed by atoms with Gasteiger partial charge in [0.2, 0.25) is 5.88 Å². The standard InChI is InChI=1S/C11H16N6O/c1-16-5-4-13-8(16)6-17(2)10-9(12)11(18-3)15-7-14-10/h4-5,7H,6,12H2,1-3H3. The van der Waals surface area contributed by atoms with Crippen molar-refractivity contribution in [3.05, 3.63) is 24.5 Å². The average molecular weight is 248 g/mol. The Labute approximate surface area is 105 Å². The number of hydrogen-bond donors (Lipinski definition) is 1. The number of methoxy groups -OCH3 is 1. The van der Waals surface area contributed by atoms with Gasteiger partial charge >= 0.3 is 0 Å². The van der Waals surface area contributed by atoms with Crippen molar-refractivity contribution in [3.8, 4) is 5.88 Å². The number of hydrogen-bond acceptors (Lipinski definition) is 6. The second kappa shape index (κ2) is 4.91. The molecule has 0 saturated heterocycles. The van der Waals surface area contributed by atoms with Gasteiger partial charge in [-0.15, -0.1) is 0 Å². The fraction of sp³-hybridized carbons (Fsp3) is 0.364. The van der Waals surface area contributed by atoms with Crippen LogP contribution in [0.15, 0.2) is 18.7 Å². The first-order valence-electron chi connectivity index (χ1n) is 5.45. The lowest BCUT2D eigenvalue weighted by atomic mass is 10.4. The summed E-state index contributed by atoms with van der Waals surface area (Å²) in [4.78, 5) is 14.3. The summed E-state index contributed by atoms with van der Waals surface area (Å²) in [6.45, 7) is 0.605. The number of aryl methyl sites for hydroxylation is 1. The van der Waals surface area contributed by atoms with Crippen LogP contribution in [0.5, 0.6) is 5.88 Å². The molecule has 0 radical (unpaired) electrons. The summed E-state index contributed by atoms with van der Waals surface area (Å²) in [5.74, 6) is 1.94. The Bertz CT molecular complexity index is 538.